The van der Waals surface area contributed by atoms with Crippen LogP contribution in [0.4, 0.5) is 5.69 Å². The third-order valence-electron chi connectivity index (χ3n) is 3.07. The second-order valence-corrected chi connectivity index (χ2v) is 5.14. The zero-order chi connectivity index (χ0) is 17.1. The summed E-state index contributed by atoms with van der Waals surface area (Å²) in [6.45, 7) is -0.335. The third-order valence-corrected chi connectivity index (χ3v) is 3.30. The van der Waals surface area contributed by atoms with Gasteiger partial charge in [-0.25, -0.2) is 4.79 Å². The molecule has 1 aromatic carbocycles. The van der Waals surface area contributed by atoms with E-state index < -0.39 is 11.7 Å². The first-order valence-electron chi connectivity index (χ1n) is 6.82. The van der Waals surface area contributed by atoms with E-state index >= 15 is 0 Å². The molecule has 1 amide bonds. The number of rotatable bonds is 5. The topological polar surface area (TPSA) is 99.5 Å². The van der Waals surface area contributed by atoms with Crippen LogP contribution in [0.3, 0.4) is 0 Å². The van der Waals surface area contributed by atoms with E-state index in [0.717, 1.165) is 4.68 Å². The molecule has 0 aliphatic rings. The molecule has 2 aromatic heterocycles. The van der Waals surface area contributed by atoms with Crippen LogP contribution in [-0.2, 0) is 11.3 Å². The Balaban J connectivity index is 1.76. The average molecular weight is 350 g/mol. The van der Waals surface area contributed by atoms with E-state index in [1.165, 1.54) is 19.4 Å². The van der Waals surface area contributed by atoms with E-state index in [0.29, 0.717) is 22.2 Å². The lowest BCUT2D eigenvalue weighted by Gasteiger charge is -2.10. The summed E-state index contributed by atoms with van der Waals surface area (Å²) >= 11 is 5.90. The molecule has 0 atom stereocenters. The van der Waals surface area contributed by atoms with E-state index in [1.807, 2.05) is 0 Å². The van der Waals surface area contributed by atoms with E-state index in [4.69, 9.17) is 25.2 Å². The molecule has 3 aromatic rings. The minimum Gasteiger partial charge on any atom is -0.495 e. The van der Waals surface area contributed by atoms with Gasteiger partial charge in [-0.1, -0.05) is 11.6 Å². The van der Waals surface area contributed by atoms with Crippen molar-refractivity contribution in [2.75, 3.05) is 12.4 Å². The first kappa shape index (κ1) is 15.9. The van der Waals surface area contributed by atoms with Crippen LogP contribution < -0.4 is 15.8 Å². The van der Waals surface area contributed by atoms with Crippen molar-refractivity contribution in [2.24, 2.45) is 0 Å². The molecule has 2 heterocycles. The minimum absolute atomic E-state index is 0.00173. The number of anilines is 1. The molecule has 0 fully saturated rings. The number of hydrogen-bond donors (Lipinski definition) is 1. The quantitative estimate of drug-likeness (QED) is 0.759. The van der Waals surface area contributed by atoms with Crippen molar-refractivity contribution in [3.8, 4) is 17.4 Å². The van der Waals surface area contributed by atoms with Gasteiger partial charge in [-0.3, -0.25) is 4.79 Å². The summed E-state index contributed by atoms with van der Waals surface area (Å²) in [6.07, 6.45) is 1.42. The largest absolute Gasteiger partial charge is 0.495 e. The number of benzene rings is 1. The highest BCUT2D eigenvalue weighted by atomic mass is 35.5. The second-order valence-electron chi connectivity index (χ2n) is 4.70. The van der Waals surface area contributed by atoms with Gasteiger partial charge in [0.25, 0.3) is 5.89 Å². The van der Waals surface area contributed by atoms with Gasteiger partial charge in [0.05, 0.1) is 19.1 Å². The van der Waals surface area contributed by atoms with E-state index in [-0.39, 0.29) is 12.4 Å². The summed E-state index contributed by atoms with van der Waals surface area (Å²) in [4.78, 5) is 23.9. The maximum Gasteiger partial charge on any atom is 0.437 e. The van der Waals surface area contributed by atoms with Crippen LogP contribution in [0.5, 0.6) is 5.75 Å². The molecule has 0 bridgehead atoms. The lowest BCUT2D eigenvalue weighted by atomic mass is 10.3. The highest BCUT2D eigenvalue weighted by Crippen LogP contribution is 2.27. The van der Waals surface area contributed by atoms with Crippen molar-refractivity contribution in [1.29, 1.82) is 0 Å². The number of halogens is 1. The standard InChI is InChI=1S/C15H12ClN3O5/c1-22-11-5-4-9(16)7-10(11)17-13(20)8-19-15(21)24-14(18-19)12-3-2-6-23-12/h2-7H,8H2,1H3,(H,17,20). The Morgan fingerprint density at radius 1 is 1.42 bits per heavy atom. The average Bonchev–Trinajstić information content (AvgIpc) is 3.18. The van der Waals surface area contributed by atoms with Gasteiger partial charge >= 0.3 is 5.76 Å². The molecule has 0 radical (unpaired) electrons. The number of methoxy groups -OCH3 is 1. The van der Waals surface area contributed by atoms with Crippen LogP contribution in [-0.4, -0.2) is 22.8 Å². The van der Waals surface area contributed by atoms with Crippen LogP contribution >= 0.6 is 11.6 Å². The molecule has 0 saturated carbocycles. The highest BCUT2D eigenvalue weighted by molar-refractivity contribution is 6.31. The molecule has 0 aliphatic carbocycles. The molecule has 0 spiro atoms. The van der Waals surface area contributed by atoms with Crippen molar-refractivity contribution in [3.63, 3.8) is 0 Å². The maximum absolute atomic E-state index is 12.1. The third kappa shape index (κ3) is 3.33. The smallest absolute Gasteiger partial charge is 0.437 e. The van der Waals surface area contributed by atoms with Crippen molar-refractivity contribution >= 4 is 23.2 Å². The molecule has 0 aliphatic heterocycles. The number of nitrogens with zero attached hydrogens (tertiary/aromatic N) is 2. The summed E-state index contributed by atoms with van der Waals surface area (Å²) in [5, 5.41) is 6.96. The normalized spacial score (nSPS) is 10.6. The fraction of sp³-hybridized carbons (Fsp3) is 0.133. The molecule has 3 rings (SSSR count). The lowest BCUT2D eigenvalue weighted by Crippen LogP contribution is -2.26. The molecule has 0 saturated heterocycles. The molecule has 24 heavy (non-hydrogen) atoms. The molecule has 0 unspecified atom stereocenters. The predicted molar refractivity (Wildman–Crippen MR) is 85.1 cm³/mol. The predicted octanol–water partition coefficient (Wildman–Crippen LogP) is 2.40. The summed E-state index contributed by atoms with van der Waals surface area (Å²) in [7, 11) is 1.47. The lowest BCUT2D eigenvalue weighted by molar-refractivity contribution is -0.117. The Hall–Kier alpha value is -3.00. The van der Waals surface area contributed by atoms with Crippen LogP contribution in [0.15, 0.2) is 50.2 Å². The van der Waals surface area contributed by atoms with Crippen LogP contribution in [0.1, 0.15) is 0 Å². The zero-order valence-corrected chi connectivity index (χ0v) is 13.2. The highest BCUT2D eigenvalue weighted by Gasteiger charge is 2.16. The van der Waals surface area contributed by atoms with Gasteiger partial charge in [-0.15, -0.1) is 5.10 Å². The van der Waals surface area contributed by atoms with Gasteiger partial charge in [0.2, 0.25) is 5.91 Å². The number of carbonyl (C=O) groups excluding carboxylic acids is 1. The fourth-order valence-electron chi connectivity index (χ4n) is 2.01. The van der Waals surface area contributed by atoms with Gasteiger partial charge in [0.15, 0.2) is 5.76 Å². The van der Waals surface area contributed by atoms with E-state index in [9.17, 15) is 9.59 Å². The van der Waals surface area contributed by atoms with Gasteiger partial charge in [0, 0.05) is 5.02 Å². The number of carbonyl (C=O) groups is 1. The summed E-state index contributed by atoms with van der Waals surface area (Å²) in [5.74, 6) is -0.524. The van der Waals surface area contributed by atoms with Crippen LogP contribution in [0.25, 0.3) is 11.7 Å². The first-order chi connectivity index (χ1) is 11.6. The number of amides is 1. The molecular weight excluding hydrogens is 338 g/mol. The van der Waals surface area contributed by atoms with Crippen LogP contribution in [0, 0.1) is 0 Å². The summed E-state index contributed by atoms with van der Waals surface area (Å²) in [6, 6.07) is 8.01. The van der Waals surface area contributed by atoms with Gasteiger partial charge < -0.3 is 18.9 Å². The number of aromatic nitrogens is 2. The zero-order valence-electron chi connectivity index (χ0n) is 12.5. The Labute approximate surface area is 140 Å². The Bertz CT molecular complexity index is 914. The second kappa shape index (κ2) is 6.63. The molecular formula is C15H12ClN3O5. The Morgan fingerprint density at radius 3 is 2.96 bits per heavy atom. The monoisotopic (exact) mass is 349 g/mol. The van der Waals surface area contributed by atoms with Crippen molar-refractivity contribution in [1.82, 2.24) is 9.78 Å². The van der Waals surface area contributed by atoms with Crippen molar-refractivity contribution < 1.29 is 18.4 Å². The van der Waals surface area contributed by atoms with E-state index in [2.05, 4.69) is 10.4 Å². The summed E-state index contributed by atoms with van der Waals surface area (Å²) < 4.78 is 16.1. The fourth-order valence-corrected chi connectivity index (χ4v) is 2.18. The Kier molecular flexibility index (Phi) is 4.39. The SMILES string of the molecule is COc1ccc(Cl)cc1NC(=O)Cn1nc(-c2ccco2)oc1=O. The van der Waals surface area contributed by atoms with Crippen LogP contribution in [0.2, 0.25) is 5.02 Å². The maximum atomic E-state index is 12.1. The Morgan fingerprint density at radius 2 is 2.25 bits per heavy atom. The number of ether oxygens (including phenoxy) is 1. The van der Waals surface area contributed by atoms with E-state index in [1.54, 1.807) is 24.3 Å². The molecule has 1 N–H and O–H groups in total. The van der Waals surface area contributed by atoms with Crippen molar-refractivity contribution in [2.45, 2.75) is 6.54 Å². The van der Waals surface area contributed by atoms with Crippen molar-refractivity contribution in [3.05, 3.63) is 52.2 Å². The first-order valence-corrected chi connectivity index (χ1v) is 7.20. The minimum atomic E-state index is -0.769. The molecule has 124 valence electrons. The number of nitrogens with one attached hydrogen (secondary N) is 1. The number of furan rings is 1. The number of hydrogen-bond acceptors (Lipinski definition) is 6. The molecule has 9 heteroatoms. The molecule has 8 nitrogen and oxygen atoms in total. The van der Waals surface area contributed by atoms with Gasteiger partial charge in [-0.2, -0.15) is 4.68 Å². The van der Waals surface area contributed by atoms with Gasteiger partial charge in [-0.05, 0) is 30.3 Å². The van der Waals surface area contributed by atoms with Gasteiger partial charge in [0.1, 0.15) is 12.3 Å². The summed E-state index contributed by atoms with van der Waals surface area (Å²) in [5.41, 5.74) is 0.387.